The predicted octanol–water partition coefficient (Wildman–Crippen LogP) is 3.44. The van der Waals surface area contributed by atoms with Gasteiger partial charge in [-0.25, -0.2) is 9.78 Å². The van der Waals surface area contributed by atoms with Crippen molar-refractivity contribution in [3.63, 3.8) is 0 Å². The van der Waals surface area contributed by atoms with Crippen molar-refractivity contribution in [2.45, 2.75) is 13.5 Å². The van der Waals surface area contributed by atoms with Crippen molar-refractivity contribution < 1.29 is 9.53 Å². The monoisotopic (exact) mass is 290 g/mol. The van der Waals surface area contributed by atoms with E-state index in [0.29, 0.717) is 17.3 Å². The number of halogens is 1. The molecule has 0 spiro atoms. The number of carbonyl (C=O) groups excluding carboxylic acids is 1. The predicted molar refractivity (Wildman–Crippen MR) is 79.1 cm³/mol. The Balaban J connectivity index is 2.17. The summed E-state index contributed by atoms with van der Waals surface area (Å²) in [6, 6.07) is 10.9. The van der Waals surface area contributed by atoms with Gasteiger partial charge in [-0.1, -0.05) is 29.8 Å². The van der Waals surface area contributed by atoms with Crippen LogP contribution in [0.5, 0.6) is 0 Å². The van der Waals surface area contributed by atoms with E-state index in [9.17, 15) is 4.79 Å². The van der Waals surface area contributed by atoms with E-state index in [1.165, 1.54) is 7.11 Å². The van der Waals surface area contributed by atoms with Gasteiger partial charge < -0.3 is 10.1 Å². The molecule has 4 nitrogen and oxygen atoms in total. The van der Waals surface area contributed by atoms with Gasteiger partial charge in [0, 0.05) is 6.54 Å². The highest BCUT2D eigenvalue weighted by atomic mass is 35.5. The van der Waals surface area contributed by atoms with Crippen molar-refractivity contribution in [1.29, 1.82) is 0 Å². The van der Waals surface area contributed by atoms with Crippen molar-refractivity contribution in [3.8, 4) is 0 Å². The van der Waals surface area contributed by atoms with Crippen molar-refractivity contribution in [2.75, 3.05) is 12.4 Å². The molecule has 2 rings (SSSR count). The maximum atomic E-state index is 11.7. The molecule has 0 amide bonds. The number of nitrogens with zero attached hydrogens (tertiary/aromatic N) is 1. The molecule has 0 atom stereocenters. The van der Waals surface area contributed by atoms with Crippen LogP contribution in [0.3, 0.4) is 0 Å². The largest absolute Gasteiger partial charge is 0.465 e. The Bertz CT molecular complexity index is 629. The third kappa shape index (κ3) is 3.27. The molecule has 20 heavy (non-hydrogen) atoms. The van der Waals surface area contributed by atoms with Crippen molar-refractivity contribution in [2.24, 2.45) is 0 Å². The first-order valence-electron chi connectivity index (χ1n) is 6.15. The van der Waals surface area contributed by atoms with E-state index in [1.54, 1.807) is 12.1 Å². The van der Waals surface area contributed by atoms with Crippen LogP contribution in [0.15, 0.2) is 36.4 Å². The molecule has 1 aromatic carbocycles. The number of carbonyl (C=O) groups is 1. The summed E-state index contributed by atoms with van der Waals surface area (Å²) in [5.41, 5.74) is 3.12. The highest BCUT2D eigenvalue weighted by Crippen LogP contribution is 2.18. The fourth-order valence-electron chi connectivity index (χ4n) is 1.89. The standard InChI is InChI=1S/C15H15ClN2O2/c1-10-13(7-8-14(16)18-10)17-9-11-5-3-4-6-12(11)15(19)20-2/h3-8,17H,9H2,1-2H3. The summed E-state index contributed by atoms with van der Waals surface area (Å²) in [6.45, 7) is 2.38. The van der Waals surface area contributed by atoms with Gasteiger partial charge in [0.2, 0.25) is 0 Å². The van der Waals surface area contributed by atoms with Gasteiger partial charge in [0.1, 0.15) is 5.15 Å². The Labute approximate surface area is 122 Å². The third-order valence-corrected chi connectivity index (χ3v) is 3.15. The number of methoxy groups -OCH3 is 1. The number of esters is 1. The molecule has 5 heteroatoms. The highest BCUT2D eigenvalue weighted by molar-refractivity contribution is 6.29. The SMILES string of the molecule is COC(=O)c1ccccc1CNc1ccc(Cl)nc1C. The summed E-state index contributed by atoms with van der Waals surface area (Å²) in [5.74, 6) is -0.339. The summed E-state index contributed by atoms with van der Waals surface area (Å²) >= 11 is 5.82. The number of pyridine rings is 1. The van der Waals surface area contributed by atoms with Gasteiger partial charge in [-0.2, -0.15) is 0 Å². The molecular formula is C15H15ClN2O2. The second-order valence-electron chi connectivity index (χ2n) is 4.27. The topological polar surface area (TPSA) is 51.2 Å². The molecule has 2 aromatic rings. The average molecular weight is 291 g/mol. The van der Waals surface area contributed by atoms with E-state index in [1.807, 2.05) is 31.2 Å². The zero-order valence-electron chi connectivity index (χ0n) is 11.3. The molecule has 104 valence electrons. The second kappa shape index (κ2) is 6.39. The van der Waals surface area contributed by atoms with E-state index < -0.39 is 0 Å². The second-order valence-corrected chi connectivity index (χ2v) is 4.66. The van der Waals surface area contributed by atoms with Crippen molar-refractivity contribution >= 4 is 23.3 Å². The summed E-state index contributed by atoms with van der Waals surface area (Å²) in [7, 11) is 1.37. The van der Waals surface area contributed by atoms with Crippen LogP contribution in [-0.2, 0) is 11.3 Å². The Morgan fingerprint density at radius 1 is 1.30 bits per heavy atom. The lowest BCUT2D eigenvalue weighted by Gasteiger charge is -2.11. The quantitative estimate of drug-likeness (QED) is 0.692. The van der Waals surface area contributed by atoms with E-state index in [4.69, 9.17) is 16.3 Å². The van der Waals surface area contributed by atoms with E-state index in [0.717, 1.165) is 16.9 Å². The third-order valence-electron chi connectivity index (χ3n) is 2.94. The van der Waals surface area contributed by atoms with Crippen LogP contribution < -0.4 is 5.32 Å². The van der Waals surface area contributed by atoms with Crippen LogP contribution in [0.4, 0.5) is 5.69 Å². The fraction of sp³-hybridized carbons (Fsp3) is 0.200. The van der Waals surface area contributed by atoms with Gasteiger partial charge in [-0.05, 0) is 30.7 Å². The Morgan fingerprint density at radius 3 is 2.75 bits per heavy atom. The number of hydrogen-bond donors (Lipinski definition) is 1. The van der Waals surface area contributed by atoms with E-state index in [2.05, 4.69) is 10.3 Å². The maximum absolute atomic E-state index is 11.7. The number of hydrogen-bond acceptors (Lipinski definition) is 4. The van der Waals surface area contributed by atoms with Crippen molar-refractivity contribution in [1.82, 2.24) is 4.98 Å². The molecule has 0 saturated carbocycles. The first kappa shape index (κ1) is 14.3. The fourth-order valence-corrected chi connectivity index (χ4v) is 2.08. The number of ether oxygens (including phenoxy) is 1. The number of nitrogens with one attached hydrogen (secondary N) is 1. The Morgan fingerprint density at radius 2 is 2.05 bits per heavy atom. The van der Waals surface area contributed by atoms with Gasteiger partial charge in [-0.15, -0.1) is 0 Å². The zero-order valence-corrected chi connectivity index (χ0v) is 12.1. The minimum absolute atomic E-state index is 0.339. The van der Waals surface area contributed by atoms with Crippen LogP contribution in [0, 0.1) is 6.92 Å². The van der Waals surface area contributed by atoms with E-state index >= 15 is 0 Å². The van der Waals surface area contributed by atoms with Gasteiger partial charge in [0.05, 0.1) is 24.1 Å². The minimum atomic E-state index is -0.339. The van der Waals surface area contributed by atoms with Crippen LogP contribution in [0.1, 0.15) is 21.6 Å². The van der Waals surface area contributed by atoms with Gasteiger partial charge in [-0.3, -0.25) is 0 Å². The molecular weight excluding hydrogens is 276 g/mol. The van der Waals surface area contributed by atoms with Crippen LogP contribution in [0.25, 0.3) is 0 Å². The number of rotatable bonds is 4. The molecule has 0 unspecified atom stereocenters. The normalized spacial score (nSPS) is 10.2. The molecule has 0 radical (unpaired) electrons. The molecule has 0 saturated heterocycles. The molecule has 1 heterocycles. The van der Waals surface area contributed by atoms with Gasteiger partial charge >= 0.3 is 5.97 Å². The summed E-state index contributed by atoms with van der Waals surface area (Å²) < 4.78 is 4.77. The average Bonchev–Trinajstić information content (AvgIpc) is 2.46. The number of aromatic nitrogens is 1. The first-order valence-corrected chi connectivity index (χ1v) is 6.53. The Hall–Kier alpha value is -2.07. The molecule has 0 fully saturated rings. The van der Waals surface area contributed by atoms with Gasteiger partial charge in [0.15, 0.2) is 0 Å². The highest BCUT2D eigenvalue weighted by Gasteiger charge is 2.11. The molecule has 0 bridgehead atoms. The van der Waals surface area contributed by atoms with E-state index in [-0.39, 0.29) is 5.97 Å². The van der Waals surface area contributed by atoms with Crippen LogP contribution >= 0.6 is 11.6 Å². The van der Waals surface area contributed by atoms with Crippen LogP contribution in [0.2, 0.25) is 5.15 Å². The molecule has 1 N–H and O–H groups in total. The smallest absolute Gasteiger partial charge is 0.338 e. The summed E-state index contributed by atoms with van der Waals surface area (Å²) in [5, 5.41) is 3.71. The minimum Gasteiger partial charge on any atom is -0.465 e. The lowest BCUT2D eigenvalue weighted by atomic mass is 10.1. The summed E-state index contributed by atoms with van der Waals surface area (Å²) in [4.78, 5) is 15.8. The molecule has 0 aliphatic rings. The van der Waals surface area contributed by atoms with Crippen LogP contribution in [-0.4, -0.2) is 18.1 Å². The van der Waals surface area contributed by atoms with Crippen molar-refractivity contribution in [3.05, 3.63) is 58.4 Å². The molecule has 0 aliphatic carbocycles. The zero-order chi connectivity index (χ0) is 14.5. The number of anilines is 1. The lowest BCUT2D eigenvalue weighted by Crippen LogP contribution is -2.09. The lowest BCUT2D eigenvalue weighted by molar-refractivity contribution is 0.0599. The number of aryl methyl sites for hydroxylation is 1. The maximum Gasteiger partial charge on any atom is 0.338 e. The molecule has 0 aliphatic heterocycles. The Kier molecular flexibility index (Phi) is 4.58. The number of benzene rings is 1. The molecule has 1 aromatic heterocycles. The van der Waals surface area contributed by atoms with Gasteiger partial charge in [0.25, 0.3) is 0 Å². The summed E-state index contributed by atoms with van der Waals surface area (Å²) in [6.07, 6.45) is 0. The first-order chi connectivity index (χ1) is 9.61.